The van der Waals surface area contributed by atoms with Gasteiger partial charge < -0.3 is 0 Å². The molecule has 1 spiro atoms. The number of hydrogen-bond acceptors (Lipinski definition) is 2. The van der Waals surface area contributed by atoms with Gasteiger partial charge in [0.15, 0.2) is 0 Å². The van der Waals surface area contributed by atoms with Crippen LogP contribution in [0.5, 0.6) is 0 Å². The van der Waals surface area contributed by atoms with Crippen molar-refractivity contribution in [1.82, 2.24) is 4.98 Å². The van der Waals surface area contributed by atoms with E-state index in [4.69, 9.17) is 0 Å². The fourth-order valence-electron chi connectivity index (χ4n) is 1.97. The van der Waals surface area contributed by atoms with Crippen LogP contribution >= 0.6 is 0 Å². The molecule has 0 bridgehead atoms. The van der Waals surface area contributed by atoms with Crippen LogP contribution in [0.1, 0.15) is 35.4 Å². The zero-order valence-electron chi connectivity index (χ0n) is 7.96. The molecule has 0 N–H and O–H groups in total. The lowest BCUT2D eigenvalue weighted by atomic mass is 10.0. The summed E-state index contributed by atoms with van der Waals surface area (Å²) in [6, 6.07) is 2.26. The normalized spacial score (nSPS) is 20.8. The van der Waals surface area contributed by atoms with Crippen LogP contribution in [0.25, 0.3) is 0 Å². The summed E-state index contributed by atoms with van der Waals surface area (Å²) in [7, 11) is 0. The Labute approximate surface area is 77.7 Å². The molecule has 1 aromatic rings. The van der Waals surface area contributed by atoms with Crippen LogP contribution in [-0.4, -0.2) is 11.2 Å². The van der Waals surface area contributed by atoms with Gasteiger partial charge in [-0.25, -0.2) is 0 Å². The van der Waals surface area contributed by atoms with E-state index in [1.54, 1.807) is 0 Å². The molecule has 1 aromatic heterocycles. The maximum absolute atomic E-state index is 4.54. The number of nitrogens with zero attached hydrogens (tertiary/aromatic N) is 2. The average Bonchev–Trinajstić information content (AvgIpc) is 2.80. The number of aryl methyl sites for hydroxylation is 2. The summed E-state index contributed by atoms with van der Waals surface area (Å²) >= 11 is 0. The molecule has 1 fully saturated rings. The van der Waals surface area contributed by atoms with Gasteiger partial charge in [-0.3, -0.25) is 9.98 Å². The quantitative estimate of drug-likeness (QED) is 0.588. The van der Waals surface area contributed by atoms with Crippen molar-refractivity contribution >= 4 is 6.21 Å². The zero-order valence-corrected chi connectivity index (χ0v) is 7.96. The van der Waals surface area contributed by atoms with E-state index in [1.165, 1.54) is 24.0 Å². The van der Waals surface area contributed by atoms with Crippen molar-refractivity contribution in [2.75, 3.05) is 0 Å². The van der Waals surface area contributed by atoms with E-state index in [9.17, 15) is 0 Å². The number of aliphatic imine (C=N–C) groups is 1. The highest BCUT2D eigenvalue weighted by Gasteiger charge is 2.48. The van der Waals surface area contributed by atoms with Crippen LogP contribution in [0.2, 0.25) is 0 Å². The van der Waals surface area contributed by atoms with E-state index in [0.717, 1.165) is 11.4 Å². The Kier molecular flexibility index (Phi) is 1.12. The van der Waals surface area contributed by atoms with Crippen LogP contribution < -0.4 is 0 Å². The largest absolute Gasteiger partial charge is 0.279 e. The molecule has 0 saturated heterocycles. The first-order valence-corrected chi connectivity index (χ1v) is 4.75. The van der Waals surface area contributed by atoms with E-state index in [0.29, 0.717) is 0 Å². The zero-order chi connectivity index (χ0) is 9.05. The molecular formula is C11H12N2. The third-order valence-corrected chi connectivity index (χ3v) is 3.15. The van der Waals surface area contributed by atoms with Gasteiger partial charge in [0.1, 0.15) is 0 Å². The molecule has 2 aliphatic rings. The minimum Gasteiger partial charge on any atom is -0.279 e. The smallest absolute Gasteiger partial charge is 0.0880 e. The molecule has 0 unspecified atom stereocenters. The lowest BCUT2D eigenvalue weighted by Gasteiger charge is -2.08. The number of hydrogen-bond donors (Lipinski definition) is 0. The van der Waals surface area contributed by atoms with Crippen molar-refractivity contribution in [3.05, 3.63) is 28.6 Å². The SMILES string of the molecule is Cc1cc2c(nc1C)C=NC21CC1. The fourth-order valence-corrected chi connectivity index (χ4v) is 1.97. The van der Waals surface area contributed by atoms with Gasteiger partial charge in [-0.05, 0) is 38.3 Å². The summed E-state index contributed by atoms with van der Waals surface area (Å²) in [6.45, 7) is 4.18. The summed E-state index contributed by atoms with van der Waals surface area (Å²) in [6.07, 6.45) is 4.36. The lowest BCUT2D eigenvalue weighted by molar-refractivity contribution is 0.759. The minimum atomic E-state index is 0.167. The molecule has 13 heavy (non-hydrogen) atoms. The summed E-state index contributed by atoms with van der Waals surface area (Å²) in [4.78, 5) is 9.08. The van der Waals surface area contributed by atoms with Gasteiger partial charge in [-0.15, -0.1) is 0 Å². The van der Waals surface area contributed by atoms with Crippen LogP contribution in [0.15, 0.2) is 11.1 Å². The Balaban J connectivity index is 2.25. The Morgan fingerprint density at radius 2 is 2.08 bits per heavy atom. The summed E-state index contributed by atoms with van der Waals surface area (Å²) < 4.78 is 0. The summed E-state index contributed by atoms with van der Waals surface area (Å²) in [5.41, 5.74) is 5.04. The minimum absolute atomic E-state index is 0.167. The standard InChI is InChI=1S/C11H12N2/c1-7-5-9-10(13-8(7)2)6-12-11(9)3-4-11/h5-6H,3-4H2,1-2H3. The molecule has 0 radical (unpaired) electrons. The molecule has 1 saturated carbocycles. The maximum Gasteiger partial charge on any atom is 0.0880 e. The average molecular weight is 172 g/mol. The van der Waals surface area contributed by atoms with E-state index in [2.05, 4.69) is 29.9 Å². The highest BCUT2D eigenvalue weighted by molar-refractivity contribution is 5.84. The number of rotatable bonds is 0. The first-order chi connectivity index (χ1) is 6.21. The number of aromatic nitrogens is 1. The van der Waals surface area contributed by atoms with Crippen molar-refractivity contribution in [2.24, 2.45) is 4.99 Å². The second kappa shape index (κ2) is 2.00. The van der Waals surface area contributed by atoms with E-state index in [1.807, 2.05) is 6.21 Å². The molecule has 1 aliphatic heterocycles. The highest BCUT2D eigenvalue weighted by atomic mass is 15.0. The van der Waals surface area contributed by atoms with Crippen LogP contribution in [0.4, 0.5) is 0 Å². The van der Waals surface area contributed by atoms with Gasteiger partial charge >= 0.3 is 0 Å². The summed E-state index contributed by atoms with van der Waals surface area (Å²) in [5, 5.41) is 0. The number of pyridine rings is 1. The molecule has 0 atom stereocenters. The lowest BCUT2D eigenvalue weighted by Crippen LogP contribution is -2.02. The van der Waals surface area contributed by atoms with Gasteiger partial charge in [-0.2, -0.15) is 0 Å². The highest BCUT2D eigenvalue weighted by Crippen LogP contribution is 2.52. The third-order valence-electron chi connectivity index (χ3n) is 3.15. The fraction of sp³-hybridized carbons (Fsp3) is 0.455. The second-order valence-electron chi connectivity index (χ2n) is 4.11. The van der Waals surface area contributed by atoms with Crippen LogP contribution in [-0.2, 0) is 5.54 Å². The Hall–Kier alpha value is -1.18. The molecule has 2 heteroatoms. The topological polar surface area (TPSA) is 25.2 Å². The molecule has 0 aromatic carbocycles. The van der Waals surface area contributed by atoms with Crippen molar-refractivity contribution in [3.8, 4) is 0 Å². The molecular weight excluding hydrogens is 160 g/mol. The summed E-state index contributed by atoms with van der Waals surface area (Å²) in [5.74, 6) is 0. The Bertz CT molecular complexity index is 414. The van der Waals surface area contributed by atoms with Gasteiger partial charge in [0, 0.05) is 17.5 Å². The van der Waals surface area contributed by atoms with Crippen molar-refractivity contribution in [1.29, 1.82) is 0 Å². The first kappa shape index (κ1) is 7.25. The van der Waals surface area contributed by atoms with E-state index >= 15 is 0 Å². The number of fused-ring (bicyclic) bond motifs is 2. The van der Waals surface area contributed by atoms with Gasteiger partial charge in [-0.1, -0.05) is 0 Å². The van der Waals surface area contributed by atoms with Crippen molar-refractivity contribution in [2.45, 2.75) is 32.2 Å². The molecule has 0 amide bonds. The van der Waals surface area contributed by atoms with Gasteiger partial charge in [0.25, 0.3) is 0 Å². The molecule has 2 nitrogen and oxygen atoms in total. The van der Waals surface area contributed by atoms with Crippen molar-refractivity contribution in [3.63, 3.8) is 0 Å². The predicted molar refractivity (Wildman–Crippen MR) is 52.2 cm³/mol. The predicted octanol–water partition coefficient (Wildman–Crippen LogP) is 2.12. The first-order valence-electron chi connectivity index (χ1n) is 4.75. The Morgan fingerprint density at radius 3 is 2.77 bits per heavy atom. The third kappa shape index (κ3) is 0.831. The maximum atomic E-state index is 4.54. The molecule has 1 aliphatic carbocycles. The van der Waals surface area contributed by atoms with Gasteiger partial charge in [0.05, 0.1) is 11.2 Å². The van der Waals surface area contributed by atoms with E-state index in [-0.39, 0.29) is 5.54 Å². The monoisotopic (exact) mass is 172 g/mol. The van der Waals surface area contributed by atoms with Crippen molar-refractivity contribution < 1.29 is 0 Å². The van der Waals surface area contributed by atoms with Crippen LogP contribution in [0.3, 0.4) is 0 Å². The van der Waals surface area contributed by atoms with Crippen LogP contribution in [0, 0.1) is 13.8 Å². The molecule has 2 heterocycles. The molecule has 66 valence electrons. The van der Waals surface area contributed by atoms with Gasteiger partial charge in [0.2, 0.25) is 0 Å². The van der Waals surface area contributed by atoms with E-state index < -0.39 is 0 Å². The second-order valence-corrected chi connectivity index (χ2v) is 4.11. The Morgan fingerprint density at radius 1 is 1.31 bits per heavy atom. The molecule has 3 rings (SSSR count).